The topological polar surface area (TPSA) is 34.0 Å². The number of thiophene rings is 1. The number of hydrogen-bond donors (Lipinski definition) is 0. The van der Waals surface area contributed by atoms with Crippen molar-refractivity contribution in [2.24, 2.45) is 0 Å². The van der Waals surface area contributed by atoms with E-state index >= 15 is 0 Å². The lowest BCUT2D eigenvalue weighted by molar-refractivity contribution is 1.02. The normalized spacial score (nSPS) is 11.9. The van der Waals surface area contributed by atoms with Gasteiger partial charge >= 0.3 is 0 Å². The SMILES string of the molecule is c1ccc(-c2nc(-n3c4ccc(N(c5ccccc5)c5ccc6ccccc6c5)cc4c4c5ccccc5c5c6ccccc6sc5c43)nc3ccccc23)cc1. The molecule has 0 saturated carbocycles. The Morgan fingerprint density at radius 3 is 1.89 bits per heavy atom. The largest absolute Gasteiger partial charge is 0.310 e. The predicted octanol–water partition coefficient (Wildman–Crippen LogP) is 14.5. The molecular formula is C52H32N4S. The summed E-state index contributed by atoms with van der Waals surface area (Å²) in [6.07, 6.45) is 0. The van der Waals surface area contributed by atoms with E-state index < -0.39 is 0 Å². The lowest BCUT2D eigenvalue weighted by Crippen LogP contribution is -2.10. The maximum atomic E-state index is 5.48. The Labute approximate surface area is 332 Å². The van der Waals surface area contributed by atoms with E-state index in [4.69, 9.17) is 9.97 Å². The third-order valence-corrected chi connectivity index (χ3v) is 12.5. The van der Waals surface area contributed by atoms with Crippen molar-refractivity contribution in [1.29, 1.82) is 0 Å². The highest BCUT2D eigenvalue weighted by Gasteiger charge is 2.25. The molecule has 0 aliphatic carbocycles. The quantitative estimate of drug-likeness (QED) is 0.176. The molecule has 0 fully saturated rings. The Morgan fingerprint density at radius 1 is 0.439 bits per heavy atom. The van der Waals surface area contributed by atoms with Gasteiger partial charge in [-0.25, -0.2) is 9.97 Å². The van der Waals surface area contributed by atoms with Gasteiger partial charge in [0.1, 0.15) is 0 Å². The molecule has 12 rings (SSSR count). The fourth-order valence-corrected chi connectivity index (χ4v) is 10.1. The Kier molecular flexibility index (Phi) is 7.06. The molecule has 0 bridgehead atoms. The molecular weight excluding hydrogens is 713 g/mol. The minimum Gasteiger partial charge on any atom is -0.310 e. The van der Waals surface area contributed by atoms with E-state index in [-0.39, 0.29) is 0 Å². The smallest absolute Gasteiger partial charge is 0.235 e. The van der Waals surface area contributed by atoms with Gasteiger partial charge in [0.05, 0.1) is 26.9 Å². The summed E-state index contributed by atoms with van der Waals surface area (Å²) in [5, 5.41) is 10.8. The van der Waals surface area contributed by atoms with E-state index in [1.54, 1.807) is 0 Å². The van der Waals surface area contributed by atoms with Crippen LogP contribution in [-0.2, 0) is 0 Å². The van der Waals surface area contributed by atoms with Gasteiger partial charge < -0.3 is 4.90 Å². The maximum Gasteiger partial charge on any atom is 0.235 e. The van der Waals surface area contributed by atoms with Crippen molar-refractivity contribution in [3.8, 4) is 17.2 Å². The number of hydrogen-bond acceptors (Lipinski definition) is 4. The second kappa shape index (κ2) is 12.6. The average molecular weight is 745 g/mol. The fourth-order valence-electron chi connectivity index (χ4n) is 8.83. The summed E-state index contributed by atoms with van der Waals surface area (Å²) in [4.78, 5) is 13.2. The first-order valence-corrected chi connectivity index (χ1v) is 20.1. The van der Waals surface area contributed by atoms with Crippen LogP contribution in [0.15, 0.2) is 194 Å². The van der Waals surface area contributed by atoms with Gasteiger partial charge in [0.15, 0.2) is 0 Å². The highest BCUT2D eigenvalue weighted by Crippen LogP contribution is 2.49. The number of aromatic nitrogens is 3. The Bertz CT molecular complexity index is 3530. The minimum absolute atomic E-state index is 0.656. The average Bonchev–Trinajstić information content (AvgIpc) is 3.84. The number of rotatable bonds is 5. The molecule has 57 heavy (non-hydrogen) atoms. The second-order valence-electron chi connectivity index (χ2n) is 14.6. The number of para-hydroxylation sites is 2. The number of fused-ring (bicyclic) bond motifs is 12. The highest BCUT2D eigenvalue weighted by molar-refractivity contribution is 7.27. The summed E-state index contributed by atoms with van der Waals surface area (Å²) >= 11 is 1.85. The zero-order valence-electron chi connectivity index (χ0n) is 30.7. The highest BCUT2D eigenvalue weighted by atomic mass is 32.1. The summed E-state index contributed by atoms with van der Waals surface area (Å²) in [6.45, 7) is 0. The van der Waals surface area contributed by atoms with Crippen LogP contribution >= 0.6 is 11.3 Å². The van der Waals surface area contributed by atoms with Crippen LogP contribution in [0.25, 0.3) is 91.6 Å². The fraction of sp³-hybridized carbons (Fsp3) is 0. The molecule has 266 valence electrons. The lowest BCUT2D eigenvalue weighted by Gasteiger charge is -2.26. The van der Waals surface area contributed by atoms with Crippen LogP contribution in [0.5, 0.6) is 0 Å². The molecule has 0 aliphatic rings. The van der Waals surface area contributed by atoms with Gasteiger partial charge in [-0.2, -0.15) is 0 Å². The molecule has 9 aromatic carbocycles. The molecule has 4 nitrogen and oxygen atoms in total. The molecule has 3 heterocycles. The van der Waals surface area contributed by atoms with Crippen LogP contribution in [0, 0.1) is 0 Å². The standard InChI is InChI=1S/C52H32N4S/c1-3-16-34(17-4-1)49-41-23-11-13-25-44(41)53-52(54-49)56-45-30-29-38(55(36-19-5-2-6-20-36)37-28-27-33-15-7-8-18-35(33)31-37)32-43(45)47-39-21-9-10-22-40(39)48-42-24-12-14-26-46(42)57-51(48)50(47)56/h1-32H. The molecule has 0 aliphatic heterocycles. The molecule has 5 heteroatoms. The van der Waals surface area contributed by atoms with Crippen molar-refractivity contribution in [2.45, 2.75) is 0 Å². The molecule has 0 radical (unpaired) electrons. The van der Waals surface area contributed by atoms with Gasteiger partial charge in [0.2, 0.25) is 5.95 Å². The van der Waals surface area contributed by atoms with Crippen molar-refractivity contribution < 1.29 is 0 Å². The lowest BCUT2D eigenvalue weighted by atomic mass is 9.98. The third-order valence-electron chi connectivity index (χ3n) is 11.3. The summed E-state index contributed by atoms with van der Waals surface area (Å²) in [7, 11) is 0. The van der Waals surface area contributed by atoms with Crippen LogP contribution in [0.3, 0.4) is 0 Å². The van der Waals surface area contributed by atoms with Crippen LogP contribution in [0.2, 0.25) is 0 Å². The van der Waals surface area contributed by atoms with Gasteiger partial charge in [0, 0.05) is 54.3 Å². The van der Waals surface area contributed by atoms with Gasteiger partial charge in [-0.1, -0.05) is 140 Å². The molecule has 0 N–H and O–H groups in total. The molecule has 3 aromatic heterocycles. The van der Waals surface area contributed by atoms with Crippen molar-refractivity contribution in [2.75, 3.05) is 4.90 Å². The van der Waals surface area contributed by atoms with Crippen molar-refractivity contribution in [3.63, 3.8) is 0 Å². The maximum absolute atomic E-state index is 5.48. The van der Waals surface area contributed by atoms with Crippen LogP contribution in [0.4, 0.5) is 17.1 Å². The third kappa shape index (κ3) is 4.93. The Morgan fingerprint density at radius 2 is 1.07 bits per heavy atom. The van der Waals surface area contributed by atoms with Crippen LogP contribution < -0.4 is 4.90 Å². The predicted molar refractivity (Wildman–Crippen MR) is 242 cm³/mol. The van der Waals surface area contributed by atoms with E-state index in [9.17, 15) is 0 Å². The van der Waals surface area contributed by atoms with Crippen molar-refractivity contribution in [1.82, 2.24) is 14.5 Å². The second-order valence-corrected chi connectivity index (χ2v) is 15.6. The van der Waals surface area contributed by atoms with E-state index in [2.05, 4.69) is 204 Å². The van der Waals surface area contributed by atoms with Crippen LogP contribution in [0.1, 0.15) is 0 Å². The first kappa shape index (κ1) is 32.0. The van der Waals surface area contributed by atoms with E-state index in [0.717, 1.165) is 55.6 Å². The first-order valence-electron chi connectivity index (χ1n) is 19.3. The summed E-state index contributed by atoms with van der Waals surface area (Å²) in [5.41, 5.74) is 8.35. The summed E-state index contributed by atoms with van der Waals surface area (Å²) in [5.74, 6) is 0.656. The summed E-state index contributed by atoms with van der Waals surface area (Å²) < 4.78 is 4.83. The van der Waals surface area contributed by atoms with Gasteiger partial charge in [-0.3, -0.25) is 4.57 Å². The molecule has 0 atom stereocenters. The molecule has 0 amide bonds. The van der Waals surface area contributed by atoms with Crippen LogP contribution in [-0.4, -0.2) is 14.5 Å². The molecule has 0 saturated heterocycles. The number of benzene rings is 9. The minimum atomic E-state index is 0.656. The molecule has 12 aromatic rings. The number of anilines is 3. The zero-order valence-corrected chi connectivity index (χ0v) is 31.5. The monoisotopic (exact) mass is 744 g/mol. The van der Waals surface area contributed by atoms with E-state index in [1.807, 2.05) is 11.3 Å². The Hall–Kier alpha value is -7.34. The van der Waals surface area contributed by atoms with E-state index in [0.29, 0.717) is 5.95 Å². The van der Waals surface area contributed by atoms with Gasteiger partial charge in [-0.05, 0) is 76.1 Å². The van der Waals surface area contributed by atoms with Crippen molar-refractivity contribution in [3.05, 3.63) is 194 Å². The first-order chi connectivity index (χ1) is 28.3. The Balaban J connectivity index is 1.23. The number of nitrogens with zero attached hydrogens (tertiary/aromatic N) is 4. The van der Waals surface area contributed by atoms with Crippen molar-refractivity contribution >= 4 is 103 Å². The zero-order chi connectivity index (χ0) is 37.5. The van der Waals surface area contributed by atoms with E-state index in [1.165, 1.54) is 47.1 Å². The van der Waals surface area contributed by atoms with Gasteiger partial charge in [-0.15, -0.1) is 11.3 Å². The summed E-state index contributed by atoms with van der Waals surface area (Å²) in [6, 6.07) is 69.4. The molecule has 0 spiro atoms. The van der Waals surface area contributed by atoms with Gasteiger partial charge in [0.25, 0.3) is 0 Å². The molecule has 0 unspecified atom stereocenters.